The Labute approximate surface area is 114 Å². The van der Waals surface area contributed by atoms with Gasteiger partial charge in [-0.05, 0) is 23.1 Å². The van der Waals surface area contributed by atoms with Gasteiger partial charge in [0.15, 0.2) is 0 Å². The fourth-order valence-electron chi connectivity index (χ4n) is 1.91. The molecule has 0 saturated heterocycles. The van der Waals surface area contributed by atoms with E-state index in [2.05, 4.69) is 61.5 Å². The molecule has 0 heterocycles. The number of rotatable bonds is 3. The molecule has 0 aliphatic carbocycles. The molecular formula is C15H19BO3. The zero-order valence-corrected chi connectivity index (χ0v) is 11.0. The first-order valence-corrected chi connectivity index (χ1v) is 6.32. The zero-order valence-electron chi connectivity index (χ0n) is 11.0. The lowest BCUT2D eigenvalue weighted by molar-refractivity contribution is 0.278. The zero-order chi connectivity index (χ0) is 14.1. The largest absolute Gasteiger partial charge is 0.631 e. The minimum absolute atomic E-state index is 1.16. The Kier molecular flexibility index (Phi) is 6.89. The van der Waals surface area contributed by atoms with E-state index in [0.29, 0.717) is 0 Å². The third-order valence-electron chi connectivity index (χ3n) is 2.62. The van der Waals surface area contributed by atoms with Crippen molar-refractivity contribution in [1.82, 2.24) is 0 Å². The summed E-state index contributed by atoms with van der Waals surface area (Å²) in [6, 6.07) is 19.3. The van der Waals surface area contributed by atoms with Crippen LogP contribution >= 0.6 is 0 Å². The van der Waals surface area contributed by atoms with Crippen LogP contribution in [0.25, 0.3) is 11.1 Å². The van der Waals surface area contributed by atoms with Gasteiger partial charge in [-0.15, -0.1) is 0 Å². The van der Waals surface area contributed by atoms with Crippen molar-refractivity contribution < 1.29 is 15.1 Å². The van der Waals surface area contributed by atoms with Crippen LogP contribution in [0.2, 0.25) is 0 Å². The topological polar surface area (TPSA) is 60.7 Å². The van der Waals surface area contributed by atoms with Gasteiger partial charge < -0.3 is 15.1 Å². The van der Waals surface area contributed by atoms with Crippen LogP contribution in [0, 0.1) is 0 Å². The molecule has 0 atom stereocenters. The molecule has 2 aromatic rings. The average Bonchev–Trinajstić information content (AvgIpc) is 2.40. The second kappa shape index (κ2) is 8.48. The van der Waals surface area contributed by atoms with Gasteiger partial charge in [0.1, 0.15) is 0 Å². The Morgan fingerprint density at radius 1 is 0.842 bits per heavy atom. The lowest BCUT2D eigenvalue weighted by atomic mass is 9.97. The SMILES string of the molecule is CCCc1ccccc1-c1ccccc1.OB(O)O. The van der Waals surface area contributed by atoms with E-state index in [9.17, 15) is 0 Å². The minimum atomic E-state index is -2.17. The molecule has 3 nitrogen and oxygen atoms in total. The Bertz CT molecular complexity index is 469. The molecule has 0 unspecified atom stereocenters. The number of hydrogen-bond donors (Lipinski definition) is 3. The monoisotopic (exact) mass is 258 g/mol. The van der Waals surface area contributed by atoms with Crippen molar-refractivity contribution in [3.05, 3.63) is 60.2 Å². The highest BCUT2D eigenvalue weighted by Crippen LogP contribution is 2.24. The summed E-state index contributed by atoms with van der Waals surface area (Å²) in [5, 5.41) is 21.5. The first-order chi connectivity index (χ1) is 9.15. The third-order valence-corrected chi connectivity index (χ3v) is 2.62. The van der Waals surface area contributed by atoms with Crippen molar-refractivity contribution >= 4 is 7.32 Å². The van der Waals surface area contributed by atoms with E-state index < -0.39 is 7.32 Å². The summed E-state index contributed by atoms with van der Waals surface area (Å²) in [5.74, 6) is 0. The van der Waals surface area contributed by atoms with Gasteiger partial charge in [0.25, 0.3) is 0 Å². The molecule has 0 bridgehead atoms. The molecular weight excluding hydrogens is 239 g/mol. The quantitative estimate of drug-likeness (QED) is 0.740. The van der Waals surface area contributed by atoms with Crippen molar-refractivity contribution in [2.45, 2.75) is 19.8 Å². The maximum atomic E-state index is 7.17. The molecule has 19 heavy (non-hydrogen) atoms. The standard InChI is InChI=1S/C15H16.BH3O3/c1-2-8-13-11-6-7-12-15(13)14-9-4-3-5-10-14;2-1(3)4/h3-7,9-12H,2,8H2,1H3;2-4H. The van der Waals surface area contributed by atoms with Gasteiger partial charge in [0, 0.05) is 0 Å². The summed E-state index contributed by atoms with van der Waals surface area (Å²) in [6.45, 7) is 2.22. The molecule has 100 valence electrons. The van der Waals surface area contributed by atoms with Crippen LogP contribution in [0.15, 0.2) is 54.6 Å². The number of benzene rings is 2. The van der Waals surface area contributed by atoms with E-state index in [1.54, 1.807) is 0 Å². The predicted octanol–water partition coefficient (Wildman–Crippen LogP) is 2.25. The third kappa shape index (κ3) is 5.70. The van der Waals surface area contributed by atoms with Crippen LogP contribution in [0.1, 0.15) is 18.9 Å². The van der Waals surface area contributed by atoms with E-state index in [0.717, 1.165) is 6.42 Å². The van der Waals surface area contributed by atoms with Crippen molar-refractivity contribution in [1.29, 1.82) is 0 Å². The van der Waals surface area contributed by atoms with Crippen LogP contribution < -0.4 is 0 Å². The van der Waals surface area contributed by atoms with Crippen molar-refractivity contribution in [2.75, 3.05) is 0 Å². The first-order valence-electron chi connectivity index (χ1n) is 6.32. The Hall–Kier alpha value is -1.62. The van der Waals surface area contributed by atoms with E-state index in [-0.39, 0.29) is 0 Å². The Morgan fingerprint density at radius 2 is 1.37 bits per heavy atom. The fraction of sp³-hybridized carbons (Fsp3) is 0.200. The van der Waals surface area contributed by atoms with Crippen LogP contribution in [0.4, 0.5) is 0 Å². The normalized spacial score (nSPS) is 9.47. The van der Waals surface area contributed by atoms with Crippen molar-refractivity contribution in [3.8, 4) is 11.1 Å². The average molecular weight is 258 g/mol. The molecule has 0 amide bonds. The lowest BCUT2D eigenvalue weighted by Gasteiger charge is -2.08. The Morgan fingerprint density at radius 3 is 1.95 bits per heavy atom. The van der Waals surface area contributed by atoms with E-state index >= 15 is 0 Å². The second-order valence-corrected chi connectivity index (χ2v) is 4.12. The van der Waals surface area contributed by atoms with E-state index in [4.69, 9.17) is 15.1 Å². The molecule has 2 rings (SSSR count). The van der Waals surface area contributed by atoms with Crippen LogP contribution in [0.3, 0.4) is 0 Å². The summed E-state index contributed by atoms with van der Waals surface area (Å²) in [5.41, 5.74) is 4.15. The lowest BCUT2D eigenvalue weighted by Crippen LogP contribution is -2.07. The Balaban J connectivity index is 0.000000399. The summed E-state index contributed by atoms with van der Waals surface area (Å²) >= 11 is 0. The van der Waals surface area contributed by atoms with Gasteiger partial charge in [0.2, 0.25) is 0 Å². The number of hydrogen-bond acceptors (Lipinski definition) is 3. The summed E-state index contributed by atoms with van der Waals surface area (Å²) in [6.07, 6.45) is 2.36. The smallest absolute Gasteiger partial charge is 0.402 e. The molecule has 2 aromatic carbocycles. The molecule has 0 saturated carbocycles. The van der Waals surface area contributed by atoms with Gasteiger partial charge in [-0.25, -0.2) is 0 Å². The molecule has 0 aliphatic heterocycles. The maximum Gasteiger partial charge on any atom is 0.631 e. The van der Waals surface area contributed by atoms with E-state index in [1.807, 2.05) is 0 Å². The van der Waals surface area contributed by atoms with Gasteiger partial charge in [-0.2, -0.15) is 0 Å². The maximum absolute atomic E-state index is 7.17. The van der Waals surface area contributed by atoms with Gasteiger partial charge >= 0.3 is 7.32 Å². The molecule has 0 aliphatic rings. The van der Waals surface area contributed by atoms with Crippen LogP contribution in [0.5, 0.6) is 0 Å². The second-order valence-electron chi connectivity index (χ2n) is 4.12. The van der Waals surface area contributed by atoms with Crippen LogP contribution in [-0.4, -0.2) is 22.4 Å². The van der Waals surface area contributed by atoms with Gasteiger partial charge in [-0.3, -0.25) is 0 Å². The predicted molar refractivity (Wildman–Crippen MR) is 78.3 cm³/mol. The molecule has 0 aromatic heterocycles. The van der Waals surface area contributed by atoms with Gasteiger partial charge in [-0.1, -0.05) is 67.9 Å². The molecule has 4 heteroatoms. The van der Waals surface area contributed by atoms with Gasteiger partial charge in [0.05, 0.1) is 0 Å². The fourth-order valence-corrected chi connectivity index (χ4v) is 1.91. The van der Waals surface area contributed by atoms with Crippen molar-refractivity contribution in [2.24, 2.45) is 0 Å². The highest BCUT2D eigenvalue weighted by atomic mass is 16.5. The highest BCUT2D eigenvalue weighted by Gasteiger charge is 2.02. The molecule has 0 spiro atoms. The summed E-state index contributed by atoms with van der Waals surface area (Å²) in [7, 11) is -2.17. The summed E-state index contributed by atoms with van der Waals surface area (Å²) in [4.78, 5) is 0. The molecule has 0 radical (unpaired) electrons. The van der Waals surface area contributed by atoms with E-state index in [1.165, 1.54) is 23.1 Å². The van der Waals surface area contributed by atoms with Crippen LogP contribution in [-0.2, 0) is 6.42 Å². The first kappa shape index (κ1) is 15.4. The molecule has 3 N–H and O–H groups in total. The van der Waals surface area contributed by atoms with Crippen molar-refractivity contribution in [3.63, 3.8) is 0 Å². The number of aryl methyl sites for hydroxylation is 1. The molecule has 0 fully saturated rings. The minimum Gasteiger partial charge on any atom is -0.402 e. The summed E-state index contributed by atoms with van der Waals surface area (Å²) < 4.78 is 0. The highest BCUT2D eigenvalue weighted by molar-refractivity contribution is 6.30.